The summed E-state index contributed by atoms with van der Waals surface area (Å²) in [6, 6.07) is 4.70. The fourth-order valence-electron chi connectivity index (χ4n) is 1.33. The third-order valence-electron chi connectivity index (χ3n) is 2.32. The number of hydrogen-bond donors (Lipinski definition) is 1. The van der Waals surface area contributed by atoms with Crippen LogP contribution in [0, 0.1) is 6.92 Å². The summed E-state index contributed by atoms with van der Waals surface area (Å²) in [4.78, 5) is 7.59. The van der Waals surface area contributed by atoms with E-state index in [2.05, 4.69) is 14.7 Å². The summed E-state index contributed by atoms with van der Waals surface area (Å²) < 4.78 is 26.6. The largest absolute Gasteiger partial charge is 0.264 e. The van der Waals surface area contributed by atoms with E-state index in [1.807, 2.05) is 0 Å². The highest BCUT2D eigenvalue weighted by Gasteiger charge is 2.17. The SMILES string of the molecule is Cc1cccnc1NS(=O)(=O)c1cnc(Cl)c(Cl)c1. The Labute approximate surface area is 120 Å². The molecule has 0 saturated heterocycles. The molecule has 0 atom stereocenters. The number of halogens is 2. The molecule has 0 spiro atoms. The molecule has 0 fully saturated rings. The molecule has 0 aliphatic heterocycles. The molecular weight excluding hydrogens is 309 g/mol. The lowest BCUT2D eigenvalue weighted by atomic mass is 10.3. The molecule has 0 radical (unpaired) electrons. The maximum atomic E-state index is 12.1. The molecule has 0 bridgehead atoms. The maximum absolute atomic E-state index is 12.1. The molecule has 100 valence electrons. The summed E-state index contributed by atoms with van der Waals surface area (Å²) in [5.41, 5.74) is 0.707. The molecule has 0 unspecified atom stereocenters. The van der Waals surface area contributed by atoms with Crippen molar-refractivity contribution in [2.75, 3.05) is 4.72 Å². The van der Waals surface area contributed by atoms with Gasteiger partial charge in [-0.15, -0.1) is 0 Å². The van der Waals surface area contributed by atoms with Crippen LogP contribution in [-0.2, 0) is 10.0 Å². The Bertz CT molecular complexity index is 720. The minimum Gasteiger partial charge on any atom is -0.263 e. The molecule has 2 rings (SSSR count). The fraction of sp³-hybridized carbons (Fsp3) is 0.0909. The van der Waals surface area contributed by atoms with Crippen molar-refractivity contribution in [2.45, 2.75) is 11.8 Å². The Morgan fingerprint density at radius 2 is 2.00 bits per heavy atom. The lowest BCUT2D eigenvalue weighted by molar-refractivity contribution is 0.600. The number of hydrogen-bond acceptors (Lipinski definition) is 4. The minimum absolute atomic E-state index is 0.0506. The van der Waals surface area contributed by atoms with Gasteiger partial charge in [0.05, 0.1) is 5.02 Å². The van der Waals surface area contributed by atoms with Crippen LogP contribution in [-0.4, -0.2) is 18.4 Å². The van der Waals surface area contributed by atoms with E-state index < -0.39 is 10.0 Å². The fourth-order valence-corrected chi connectivity index (χ4v) is 2.71. The van der Waals surface area contributed by atoms with E-state index >= 15 is 0 Å². The summed E-state index contributed by atoms with van der Waals surface area (Å²) in [6.07, 6.45) is 2.63. The van der Waals surface area contributed by atoms with Crippen LogP contribution in [0.15, 0.2) is 35.5 Å². The molecule has 0 aromatic carbocycles. The summed E-state index contributed by atoms with van der Waals surface area (Å²) in [6.45, 7) is 1.75. The second-order valence-corrected chi connectivity index (χ2v) is 6.17. The third-order valence-corrected chi connectivity index (χ3v) is 4.31. The van der Waals surface area contributed by atoms with Crippen molar-refractivity contribution < 1.29 is 8.42 Å². The molecule has 2 aromatic heterocycles. The van der Waals surface area contributed by atoms with Crippen molar-refractivity contribution in [3.05, 3.63) is 46.3 Å². The summed E-state index contributed by atoms with van der Waals surface area (Å²) in [5, 5.41) is 0.122. The average molecular weight is 318 g/mol. The molecule has 19 heavy (non-hydrogen) atoms. The Kier molecular flexibility index (Phi) is 3.93. The first-order chi connectivity index (χ1) is 8.90. The highest BCUT2D eigenvalue weighted by molar-refractivity contribution is 7.92. The normalized spacial score (nSPS) is 11.3. The van der Waals surface area contributed by atoms with Crippen LogP contribution < -0.4 is 4.72 Å². The molecule has 1 N–H and O–H groups in total. The van der Waals surface area contributed by atoms with Crippen LogP contribution in [0.5, 0.6) is 0 Å². The van der Waals surface area contributed by atoms with Gasteiger partial charge in [0.1, 0.15) is 15.9 Å². The predicted molar refractivity (Wildman–Crippen MR) is 74.0 cm³/mol. The molecule has 0 saturated carbocycles. The first-order valence-corrected chi connectivity index (χ1v) is 7.39. The van der Waals surface area contributed by atoms with E-state index in [-0.39, 0.29) is 20.9 Å². The molecule has 5 nitrogen and oxygen atoms in total. The Morgan fingerprint density at radius 1 is 1.26 bits per heavy atom. The quantitative estimate of drug-likeness (QED) is 0.883. The summed E-state index contributed by atoms with van der Waals surface area (Å²) in [5.74, 6) is 0.258. The highest BCUT2D eigenvalue weighted by atomic mass is 35.5. The van der Waals surface area contributed by atoms with Crippen molar-refractivity contribution in [3.8, 4) is 0 Å². The second-order valence-electron chi connectivity index (χ2n) is 3.72. The number of nitrogens with one attached hydrogen (secondary N) is 1. The van der Waals surface area contributed by atoms with Crippen LogP contribution in [0.25, 0.3) is 0 Å². The van der Waals surface area contributed by atoms with Crippen molar-refractivity contribution >= 4 is 39.0 Å². The predicted octanol–water partition coefficient (Wildman–Crippen LogP) is 2.89. The van der Waals surface area contributed by atoms with Crippen LogP contribution in [0.4, 0.5) is 5.82 Å². The Morgan fingerprint density at radius 3 is 2.63 bits per heavy atom. The second kappa shape index (κ2) is 5.32. The van der Waals surface area contributed by atoms with Gasteiger partial charge in [-0.1, -0.05) is 29.3 Å². The van der Waals surface area contributed by atoms with Crippen LogP contribution in [0.3, 0.4) is 0 Å². The highest BCUT2D eigenvalue weighted by Crippen LogP contribution is 2.23. The van der Waals surface area contributed by atoms with E-state index in [1.54, 1.807) is 19.1 Å². The van der Waals surface area contributed by atoms with E-state index in [9.17, 15) is 8.42 Å². The molecule has 0 aliphatic carbocycles. The molecular formula is C11H9Cl2N3O2S. The Hall–Kier alpha value is -1.37. The van der Waals surface area contributed by atoms with Crippen molar-refractivity contribution in [1.29, 1.82) is 0 Å². The first kappa shape index (κ1) is 14.0. The van der Waals surface area contributed by atoms with Gasteiger partial charge in [-0.3, -0.25) is 4.72 Å². The lowest BCUT2D eigenvalue weighted by Crippen LogP contribution is -2.15. The zero-order chi connectivity index (χ0) is 14.0. The number of anilines is 1. The minimum atomic E-state index is -3.79. The third kappa shape index (κ3) is 3.15. The number of sulfonamides is 1. The van der Waals surface area contributed by atoms with Gasteiger partial charge >= 0.3 is 0 Å². The number of pyridine rings is 2. The van der Waals surface area contributed by atoms with E-state index in [4.69, 9.17) is 23.2 Å². The topological polar surface area (TPSA) is 72.0 Å². The molecule has 0 amide bonds. The molecule has 2 aromatic rings. The van der Waals surface area contributed by atoms with Gasteiger partial charge in [-0.05, 0) is 24.6 Å². The smallest absolute Gasteiger partial charge is 0.263 e. The molecule has 2 heterocycles. The standard InChI is InChI=1S/C11H9Cl2N3O2S/c1-7-3-2-4-14-11(7)16-19(17,18)8-5-9(12)10(13)15-6-8/h2-6H,1H3,(H,14,16). The molecule has 0 aliphatic rings. The Balaban J connectivity index is 2.38. The number of aryl methyl sites for hydroxylation is 1. The summed E-state index contributed by atoms with van der Waals surface area (Å²) in [7, 11) is -3.79. The van der Waals surface area contributed by atoms with Gasteiger partial charge < -0.3 is 0 Å². The number of rotatable bonds is 3. The summed E-state index contributed by atoms with van der Waals surface area (Å²) >= 11 is 11.4. The van der Waals surface area contributed by atoms with Crippen LogP contribution in [0.2, 0.25) is 10.2 Å². The van der Waals surface area contributed by atoms with Crippen LogP contribution >= 0.6 is 23.2 Å². The number of aromatic nitrogens is 2. The maximum Gasteiger partial charge on any atom is 0.264 e. The first-order valence-electron chi connectivity index (χ1n) is 5.15. The zero-order valence-corrected chi connectivity index (χ0v) is 12.1. The van der Waals surface area contributed by atoms with E-state index in [0.29, 0.717) is 5.56 Å². The van der Waals surface area contributed by atoms with Crippen molar-refractivity contribution in [2.24, 2.45) is 0 Å². The van der Waals surface area contributed by atoms with E-state index in [1.165, 1.54) is 12.3 Å². The zero-order valence-electron chi connectivity index (χ0n) is 9.76. The van der Waals surface area contributed by atoms with Crippen molar-refractivity contribution in [1.82, 2.24) is 9.97 Å². The lowest BCUT2D eigenvalue weighted by Gasteiger charge is -2.09. The van der Waals surface area contributed by atoms with Crippen LogP contribution in [0.1, 0.15) is 5.56 Å². The molecule has 8 heteroatoms. The van der Waals surface area contributed by atoms with Crippen molar-refractivity contribution in [3.63, 3.8) is 0 Å². The van der Waals surface area contributed by atoms with Gasteiger partial charge in [-0.25, -0.2) is 18.4 Å². The van der Waals surface area contributed by atoms with Gasteiger partial charge in [0.25, 0.3) is 10.0 Å². The monoisotopic (exact) mass is 317 g/mol. The number of nitrogens with zero attached hydrogens (tertiary/aromatic N) is 2. The van der Waals surface area contributed by atoms with Gasteiger partial charge in [-0.2, -0.15) is 0 Å². The van der Waals surface area contributed by atoms with Gasteiger partial charge in [0.2, 0.25) is 0 Å². The van der Waals surface area contributed by atoms with E-state index in [0.717, 1.165) is 6.20 Å². The average Bonchev–Trinajstić information content (AvgIpc) is 2.35. The van der Waals surface area contributed by atoms with Gasteiger partial charge in [0, 0.05) is 12.4 Å². The van der Waals surface area contributed by atoms with Gasteiger partial charge in [0.15, 0.2) is 0 Å².